The lowest BCUT2D eigenvalue weighted by molar-refractivity contribution is -0.147. The summed E-state index contributed by atoms with van der Waals surface area (Å²) in [5, 5.41) is 8.79. The summed E-state index contributed by atoms with van der Waals surface area (Å²) in [7, 11) is 0. The monoisotopic (exact) mass is 613 g/mol. The summed E-state index contributed by atoms with van der Waals surface area (Å²) in [6.45, 7) is 4.47. The minimum absolute atomic E-state index is 0.0875. The van der Waals surface area contributed by atoms with Gasteiger partial charge >= 0.3 is 11.9 Å². The van der Waals surface area contributed by atoms with Gasteiger partial charge in [-0.3, -0.25) is 9.59 Å². The molecular weight excluding hydrogens is 544 g/mol. The third-order valence-electron chi connectivity index (χ3n) is 7.70. The number of rotatable bonds is 32. The van der Waals surface area contributed by atoms with Gasteiger partial charge in [0.25, 0.3) is 0 Å². The summed E-state index contributed by atoms with van der Waals surface area (Å²) in [6, 6.07) is 0. The van der Waals surface area contributed by atoms with Gasteiger partial charge in [0.2, 0.25) is 0 Å². The molecule has 0 aliphatic heterocycles. The quantitative estimate of drug-likeness (QED) is 0.0466. The lowest BCUT2D eigenvalue weighted by Crippen LogP contribution is -2.16. The maximum atomic E-state index is 12.6. The van der Waals surface area contributed by atoms with Crippen molar-refractivity contribution in [3.05, 3.63) is 60.8 Å². The van der Waals surface area contributed by atoms with E-state index >= 15 is 0 Å². The summed E-state index contributed by atoms with van der Waals surface area (Å²) in [5.74, 6) is -0.807. The van der Waals surface area contributed by atoms with Crippen LogP contribution in [-0.4, -0.2) is 23.1 Å². The molecule has 0 saturated heterocycles. The van der Waals surface area contributed by atoms with Gasteiger partial charge in [0.15, 0.2) is 0 Å². The van der Waals surface area contributed by atoms with Gasteiger partial charge < -0.3 is 9.84 Å². The molecule has 0 heterocycles. The van der Waals surface area contributed by atoms with Gasteiger partial charge in [0, 0.05) is 12.8 Å². The van der Waals surface area contributed by atoms with E-state index < -0.39 is 5.97 Å². The molecule has 0 aromatic carbocycles. The van der Waals surface area contributed by atoms with Crippen LogP contribution in [-0.2, 0) is 14.3 Å². The standard InChI is InChI=1S/C40H68O4/c1-3-5-7-9-11-13-15-16-17-18-20-22-24-29-33-37-40(43)44-38(35-31-27-25-28-32-36-39(41)42)34-30-26-23-21-19-14-12-10-8-6-4-2/h11-14,16-17,21,23,30,34,38H,3-10,15,18-20,22,24-29,31-33,35-37H2,1-2H3,(H,41,42)/b13-11-,14-12-,17-16-,23-21-,34-30-. The van der Waals surface area contributed by atoms with E-state index in [2.05, 4.69) is 74.6 Å². The van der Waals surface area contributed by atoms with Crippen LogP contribution in [0, 0.1) is 0 Å². The zero-order valence-electron chi connectivity index (χ0n) is 28.7. The highest BCUT2D eigenvalue weighted by Crippen LogP contribution is 2.14. The first-order chi connectivity index (χ1) is 21.6. The van der Waals surface area contributed by atoms with Crippen LogP contribution in [0.4, 0.5) is 0 Å². The van der Waals surface area contributed by atoms with Gasteiger partial charge in [0.05, 0.1) is 0 Å². The molecule has 1 N–H and O–H groups in total. The number of aliphatic carboxylic acids is 1. The second kappa shape index (κ2) is 35.1. The summed E-state index contributed by atoms with van der Waals surface area (Å²) in [4.78, 5) is 23.3. The molecule has 1 atom stereocenters. The number of carboxylic acid groups (broad SMARTS) is 1. The van der Waals surface area contributed by atoms with Crippen molar-refractivity contribution in [1.82, 2.24) is 0 Å². The molecule has 0 aromatic rings. The average molecular weight is 613 g/mol. The predicted molar refractivity (Wildman–Crippen MR) is 190 cm³/mol. The molecule has 0 aliphatic carbocycles. The summed E-state index contributed by atoms with van der Waals surface area (Å²) >= 11 is 0. The van der Waals surface area contributed by atoms with Gasteiger partial charge in [0.1, 0.15) is 6.10 Å². The molecule has 0 radical (unpaired) electrons. The first-order valence-electron chi connectivity index (χ1n) is 18.3. The van der Waals surface area contributed by atoms with Crippen molar-refractivity contribution in [3.63, 3.8) is 0 Å². The first-order valence-corrected chi connectivity index (χ1v) is 18.3. The van der Waals surface area contributed by atoms with E-state index in [0.717, 1.165) is 77.0 Å². The van der Waals surface area contributed by atoms with Crippen LogP contribution in [0.2, 0.25) is 0 Å². The smallest absolute Gasteiger partial charge is 0.306 e. The molecule has 44 heavy (non-hydrogen) atoms. The number of allylic oxidation sites excluding steroid dienone is 9. The lowest BCUT2D eigenvalue weighted by Gasteiger charge is -2.14. The molecule has 4 nitrogen and oxygen atoms in total. The summed E-state index contributed by atoms with van der Waals surface area (Å²) in [6.07, 6.45) is 48.1. The van der Waals surface area contributed by atoms with E-state index in [1.165, 1.54) is 70.6 Å². The molecule has 0 aliphatic rings. The Hall–Kier alpha value is -2.36. The van der Waals surface area contributed by atoms with Crippen molar-refractivity contribution in [1.29, 1.82) is 0 Å². The Morgan fingerprint density at radius 1 is 0.523 bits per heavy atom. The number of hydrogen-bond acceptors (Lipinski definition) is 3. The van der Waals surface area contributed by atoms with Crippen LogP contribution in [0.25, 0.3) is 0 Å². The second-order valence-electron chi connectivity index (χ2n) is 12.0. The molecule has 0 bridgehead atoms. The van der Waals surface area contributed by atoms with Crippen molar-refractivity contribution in [2.45, 2.75) is 180 Å². The third-order valence-corrected chi connectivity index (χ3v) is 7.70. The van der Waals surface area contributed by atoms with E-state index in [4.69, 9.17) is 9.84 Å². The van der Waals surface area contributed by atoms with Gasteiger partial charge in [-0.15, -0.1) is 0 Å². The minimum Gasteiger partial charge on any atom is -0.481 e. The molecule has 0 amide bonds. The van der Waals surface area contributed by atoms with Gasteiger partial charge in [-0.25, -0.2) is 0 Å². The Labute approximate surface area is 272 Å². The Bertz CT molecular complexity index is 789. The summed E-state index contributed by atoms with van der Waals surface area (Å²) < 4.78 is 5.87. The maximum absolute atomic E-state index is 12.6. The molecule has 0 rings (SSSR count). The number of hydrogen-bond donors (Lipinski definition) is 1. The molecule has 4 heteroatoms. The Balaban J connectivity index is 4.23. The number of carbonyl (C=O) groups excluding carboxylic acids is 1. The van der Waals surface area contributed by atoms with Crippen molar-refractivity contribution < 1.29 is 19.4 Å². The fourth-order valence-electron chi connectivity index (χ4n) is 4.96. The topological polar surface area (TPSA) is 63.6 Å². The average Bonchev–Trinajstić information content (AvgIpc) is 3.00. The number of carboxylic acids is 1. The molecule has 0 spiro atoms. The van der Waals surface area contributed by atoms with Crippen LogP contribution >= 0.6 is 0 Å². The zero-order valence-corrected chi connectivity index (χ0v) is 28.7. The van der Waals surface area contributed by atoms with Crippen molar-refractivity contribution in [2.75, 3.05) is 0 Å². The normalized spacial score (nSPS) is 13.0. The fourth-order valence-corrected chi connectivity index (χ4v) is 4.96. The van der Waals surface area contributed by atoms with E-state index in [0.29, 0.717) is 6.42 Å². The van der Waals surface area contributed by atoms with Crippen molar-refractivity contribution in [2.24, 2.45) is 0 Å². The number of unbranched alkanes of at least 4 members (excludes halogenated alkanes) is 15. The molecule has 0 saturated carbocycles. The van der Waals surface area contributed by atoms with Gasteiger partial charge in [-0.05, 0) is 89.5 Å². The predicted octanol–water partition coefficient (Wildman–Crippen LogP) is 12.6. The Kier molecular flexibility index (Phi) is 33.2. The Morgan fingerprint density at radius 2 is 0.955 bits per heavy atom. The van der Waals surface area contributed by atoms with Crippen LogP contribution in [0.1, 0.15) is 174 Å². The Morgan fingerprint density at radius 3 is 1.50 bits per heavy atom. The summed E-state index contributed by atoms with van der Waals surface area (Å²) in [5.41, 5.74) is 0. The van der Waals surface area contributed by atoms with Crippen LogP contribution in [0.3, 0.4) is 0 Å². The van der Waals surface area contributed by atoms with Crippen LogP contribution in [0.5, 0.6) is 0 Å². The van der Waals surface area contributed by atoms with E-state index in [1.807, 2.05) is 0 Å². The number of esters is 1. The highest BCUT2D eigenvalue weighted by Gasteiger charge is 2.11. The van der Waals surface area contributed by atoms with E-state index in [1.54, 1.807) is 0 Å². The molecular formula is C40H68O4. The van der Waals surface area contributed by atoms with Crippen molar-refractivity contribution in [3.8, 4) is 0 Å². The van der Waals surface area contributed by atoms with E-state index in [9.17, 15) is 9.59 Å². The number of carbonyl (C=O) groups is 2. The maximum Gasteiger partial charge on any atom is 0.306 e. The molecule has 0 aromatic heterocycles. The highest BCUT2D eigenvalue weighted by molar-refractivity contribution is 5.69. The third kappa shape index (κ3) is 34.1. The zero-order chi connectivity index (χ0) is 32.2. The second-order valence-corrected chi connectivity index (χ2v) is 12.0. The fraction of sp³-hybridized carbons (Fsp3) is 0.700. The first kappa shape index (κ1) is 41.6. The highest BCUT2D eigenvalue weighted by atomic mass is 16.5. The van der Waals surface area contributed by atoms with Gasteiger partial charge in [-0.1, -0.05) is 133 Å². The largest absolute Gasteiger partial charge is 0.481 e. The van der Waals surface area contributed by atoms with Crippen LogP contribution < -0.4 is 0 Å². The lowest BCUT2D eigenvalue weighted by atomic mass is 10.1. The van der Waals surface area contributed by atoms with Crippen LogP contribution in [0.15, 0.2) is 60.8 Å². The molecule has 1 unspecified atom stereocenters. The van der Waals surface area contributed by atoms with Gasteiger partial charge in [-0.2, -0.15) is 0 Å². The number of ether oxygens (including phenoxy) is 1. The van der Waals surface area contributed by atoms with E-state index in [-0.39, 0.29) is 18.5 Å². The van der Waals surface area contributed by atoms with Crippen molar-refractivity contribution >= 4 is 11.9 Å². The molecule has 0 fully saturated rings. The SMILES string of the molecule is CCCCC/C=C\C/C=C\C/C=C\C(CCCCCCCC(=O)O)OC(=O)CCCCCCC/C=C\C/C=C\CCCCC. The molecule has 252 valence electrons. The minimum atomic E-state index is -0.719.